The lowest BCUT2D eigenvalue weighted by molar-refractivity contribution is 0.304. The maximum atomic E-state index is 12.3. The highest BCUT2D eigenvalue weighted by Gasteiger charge is 2.12. The highest BCUT2D eigenvalue weighted by atomic mass is 32.2. The quantitative estimate of drug-likeness (QED) is 0.346. The third-order valence-corrected chi connectivity index (χ3v) is 5.37. The predicted molar refractivity (Wildman–Crippen MR) is 110 cm³/mol. The summed E-state index contributed by atoms with van der Waals surface area (Å²) in [5.74, 6) is 0.700. The second kappa shape index (κ2) is 10.7. The zero-order valence-corrected chi connectivity index (χ0v) is 16.8. The van der Waals surface area contributed by atoms with Crippen LogP contribution in [0.1, 0.15) is 50.2 Å². The Hall–Kier alpha value is -2.34. The zero-order valence-electron chi connectivity index (χ0n) is 16.0. The topological polar surface area (TPSA) is 67.8 Å². The first-order valence-electron chi connectivity index (χ1n) is 9.36. The van der Waals surface area contributed by atoms with Crippen LogP contribution in [-0.4, -0.2) is 21.2 Å². The van der Waals surface area contributed by atoms with Gasteiger partial charge in [-0.2, -0.15) is 13.5 Å². The lowest BCUT2D eigenvalue weighted by Crippen LogP contribution is -2.18. The molecule has 0 aromatic heterocycles. The van der Waals surface area contributed by atoms with Gasteiger partial charge in [-0.1, -0.05) is 62.4 Å². The number of nitrogens with one attached hydrogen (secondary N) is 1. The highest BCUT2D eigenvalue weighted by molar-refractivity contribution is 7.89. The van der Waals surface area contributed by atoms with Crippen molar-refractivity contribution in [3.05, 3.63) is 59.7 Å². The van der Waals surface area contributed by atoms with E-state index in [-0.39, 0.29) is 4.90 Å². The maximum Gasteiger partial charge on any atom is 0.276 e. The SMILES string of the molecule is CCCCCCCOc1ccccc1/C=N\NS(=O)(=O)c1ccc(C)cc1. The summed E-state index contributed by atoms with van der Waals surface area (Å²) in [4.78, 5) is 2.43. The number of sulfonamides is 1. The van der Waals surface area contributed by atoms with Crippen LogP contribution in [0.25, 0.3) is 0 Å². The van der Waals surface area contributed by atoms with Gasteiger partial charge in [0.25, 0.3) is 10.0 Å². The summed E-state index contributed by atoms with van der Waals surface area (Å²) in [5, 5.41) is 3.90. The lowest BCUT2D eigenvalue weighted by atomic mass is 10.2. The smallest absolute Gasteiger partial charge is 0.276 e. The molecule has 0 aliphatic rings. The van der Waals surface area contributed by atoms with Gasteiger partial charge in [0.1, 0.15) is 5.75 Å². The summed E-state index contributed by atoms with van der Waals surface area (Å²) in [6.45, 7) is 4.74. The summed E-state index contributed by atoms with van der Waals surface area (Å²) < 4.78 is 30.3. The predicted octanol–water partition coefficient (Wildman–Crippen LogP) is 4.66. The average molecular weight is 389 g/mol. The number of ether oxygens (including phenoxy) is 1. The van der Waals surface area contributed by atoms with E-state index in [1.54, 1.807) is 24.3 Å². The molecule has 0 saturated carbocycles. The first-order valence-corrected chi connectivity index (χ1v) is 10.8. The molecular formula is C21H28N2O3S. The minimum atomic E-state index is -3.68. The average Bonchev–Trinajstić information content (AvgIpc) is 2.66. The molecule has 2 aromatic carbocycles. The zero-order chi connectivity index (χ0) is 19.5. The van der Waals surface area contributed by atoms with E-state index in [0.717, 1.165) is 24.0 Å². The van der Waals surface area contributed by atoms with Crippen LogP contribution in [0.15, 0.2) is 58.5 Å². The van der Waals surface area contributed by atoms with Gasteiger partial charge >= 0.3 is 0 Å². The van der Waals surface area contributed by atoms with Gasteiger partial charge in [0.15, 0.2) is 0 Å². The number of benzene rings is 2. The summed E-state index contributed by atoms with van der Waals surface area (Å²) in [6, 6.07) is 14.1. The Morgan fingerprint density at radius 2 is 1.70 bits per heavy atom. The van der Waals surface area contributed by atoms with Crippen LogP contribution in [-0.2, 0) is 10.0 Å². The number of hydrogen-bond donors (Lipinski definition) is 1. The molecule has 0 heterocycles. The van der Waals surface area contributed by atoms with Crippen LogP contribution >= 0.6 is 0 Å². The van der Waals surface area contributed by atoms with Crippen LogP contribution < -0.4 is 9.57 Å². The third kappa shape index (κ3) is 7.06. The van der Waals surface area contributed by atoms with Crippen molar-refractivity contribution in [1.82, 2.24) is 4.83 Å². The standard InChI is InChI=1S/C21H28N2O3S/c1-3-4-5-6-9-16-26-21-11-8-7-10-19(21)17-22-23-27(24,25)20-14-12-18(2)13-15-20/h7-8,10-15,17,23H,3-6,9,16H2,1-2H3/b22-17-. The normalized spacial score (nSPS) is 11.6. The van der Waals surface area contributed by atoms with Gasteiger partial charge in [0, 0.05) is 5.56 Å². The van der Waals surface area contributed by atoms with Crippen molar-refractivity contribution in [2.45, 2.75) is 50.8 Å². The second-order valence-corrected chi connectivity index (χ2v) is 8.13. The minimum Gasteiger partial charge on any atom is -0.493 e. The first kappa shape index (κ1) is 21.0. The molecule has 146 valence electrons. The fourth-order valence-corrected chi connectivity index (χ4v) is 3.33. The van der Waals surface area contributed by atoms with Crippen molar-refractivity contribution in [2.75, 3.05) is 6.61 Å². The Kier molecular flexibility index (Phi) is 8.33. The summed E-state index contributed by atoms with van der Waals surface area (Å²) in [5.41, 5.74) is 1.73. The number of nitrogens with zero attached hydrogens (tertiary/aromatic N) is 1. The van der Waals surface area contributed by atoms with Gasteiger partial charge < -0.3 is 4.74 Å². The summed E-state index contributed by atoms with van der Waals surface area (Å²) in [7, 11) is -3.68. The van der Waals surface area contributed by atoms with E-state index >= 15 is 0 Å². The number of rotatable bonds is 11. The largest absolute Gasteiger partial charge is 0.493 e. The van der Waals surface area contributed by atoms with E-state index in [9.17, 15) is 8.42 Å². The van der Waals surface area contributed by atoms with Gasteiger partial charge in [-0.05, 0) is 37.6 Å². The molecule has 0 bridgehead atoms. The molecule has 2 aromatic rings. The van der Waals surface area contributed by atoms with E-state index in [4.69, 9.17) is 4.74 Å². The van der Waals surface area contributed by atoms with Gasteiger partial charge in [-0.15, -0.1) is 0 Å². The van der Waals surface area contributed by atoms with Crippen molar-refractivity contribution < 1.29 is 13.2 Å². The number of hydrazone groups is 1. The Labute approximate surface area is 162 Å². The molecule has 0 spiro atoms. The fraction of sp³-hybridized carbons (Fsp3) is 0.381. The van der Waals surface area contributed by atoms with Gasteiger partial charge in [0.05, 0.1) is 17.7 Å². The molecule has 0 aliphatic carbocycles. The van der Waals surface area contributed by atoms with Gasteiger partial charge in [-0.3, -0.25) is 0 Å². The van der Waals surface area contributed by atoms with Crippen LogP contribution in [0.3, 0.4) is 0 Å². The van der Waals surface area contributed by atoms with Gasteiger partial charge in [0.2, 0.25) is 0 Å². The lowest BCUT2D eigenvalue weighted by Gasteiger charge is -2.09. The highest BCUT2D eigenvalue weighted by Crippen LogP contribution is 2.17. The molecule has 0 aliphatic heterocycles. The minimum absolute atomic E-state index is 0.182. The summed E-state index contributed by atoms with van der Waals surface area (Å²) in [6.07, 6.45) is 7.33. The molecule has 6 heteroatoms. The Morgan fingerprint density at radius 1 is 1.00 bits per heavy atom. The molecule has 5 nitrogen and oxygen atoms in total. The van der Waals surface area contributed by atoms with E-state index in [2.05, 4.69) is 16.9 Å². The molecule has 0 amide bonds. The molecule has 2 rings (SSSR count). The number of aryl methyl sites for hydroxylation is 1. The van der Waals surface area contributed by atoms with E-state index in [0.29, 0.717) is 12.4 Å². The molecule has 0 atom stereocenters. The van der Waals surface area contributed by atoms with Crippen LogP contribution in [0.4, 0.5) is 0 Å². The third-order valence-electron chi connectivity index (χ3n) is 4.13. The molecular weight excluding hydrogens is 360 g/mol. The first-order chi connectivity index (χ1) is 13.0. The van der Waals surface area contributed by atoms with Crippen molar-refractivity contribution in [3.63, 3.8) is 0 Å². The Morgan fingerprint density at radius 3 is 2.44 bits per heavy atom. The fourth-order valence-electron chi connectivity index (χ4n) is 2.54. The van der Waals surface area contributed by atoms with E-state index in [1.165, 1.54) is 25.5 Å². The van der Waals surface area contributed by atoms with E-state index < -0.39 is 10.0 Å². The van der Waals surface area contributed by atoms with Crippen LogP contribution in [0.2, 0.25) is 0 Å². The van der Waals surface area contributed by atoms with Crippen LogP contribution in [0, 0.1) is 6.92 Å². The molecule has 0 radical (unpaired) electrons. The number of hydrogen-bond acceptors (Lipinski definition) is 4. The van der Waals surface area contributed by atoms with Crippen molar-refractivity contribution in [1.29, 1.82) is 0 Å². The molecule has 0 fully saturated rings. The van der Waals surface area contributed by atoms with Crippen LogP contribution in [0.5, 0.6) is 5.75 Å². The number of unbranched alkanes of at least 4 members (excludes halogenated alkanes) is 4. The van der Waals surface area contributed by atoms with Crippen molar-refractivity contribution in [3.8, 4) is 5.75 Å². The van der Waals surface area contributed by atoms with E-state index in [1.807, 2.05) is 31.2 Å². The molecule has 1 N–H and O–H groups in total. The van der Waals surface area contributed by atoms with Crippen molar-refractivity contribution in [2.24, 2.45) is 5.10 Å². The summed E-state index contributed by atoms with van der Waals surface area (Å²) >= 11 is 0. The van der Waals surface area contributed by atoms with Crippen molar-refractivity contribution >= 4 is 16.2 Å². The van der Waals surface area contributed by atoms with Gasteiger partial charge in [-0.25, -0.2) is 4.83 Å². The monoisotopic (exact) mass is 388 g/mol. The number of para-hydroxylation sites is 1. The Balaban J connectivity index is 1.93. The molecule has 0 saturated heterocycles. The second-order valence-electron chi connectivity index (χ2n) is 6.47. The molecule has 0 unspecified atom stereocenters. The molecule has 27 heavy (non-hydrogen) atoms. The maximum absolute atomic E-state index is 12.3. The Bertz CT molecular complexity index is 831.